The van der Waals surface area contributed by atoms with E-state index in [1.165, 1.54) is 5.56 Å². The van der Waals surface area contributed by atoms with Gasteiger partial charge < -0.3 is 10.1 Å². The predicted octanol–water partition coefficient (Wildman–Crippen LogP) is 2.50. The number of benzene rings is 1. The van der Waals surface area contributed by atoms with Crippen LogP contribution in [0.2, 0.25) is 0 Å². The van der Waals surface area contributed by atoms with Crippen molar-refractivity contribution in [3.8, 4) is 0 Å². The minimum Gasteiger partial charge on any atom is -0.383 e. The van der Waals surface area contributed by atoms with E-state index in [1.54, 1.807) is 7.11 Å². The first-order valence-corrected chi connectivity index (χ1v) is 7.29. The number of hydrogen-bond acceptors (Lipinski definition) is 3. The molecule has 4 nitrogen and oxygen atoms in total. The van der Waals surface area contributed by atoms with E-state index >= 15 is 0 Å². The maximum absolute atomic E-state index is 12.6. The van der Waals surface area contributed by atoms with E-state index in [0.717, 1.165) is 25.2 Å². The van der Waals surface area contributed by atoms with Crippen LogP contribution in [0.15, 0.2) is 24.3 Å². The molecule has 0 spiro atoms. The molecule has 4 heteroatoms. The van der Waals surface area contributed by atoms with Crippen LogP contribution in [0.5, 0.6) is 0 Å². The largest absolute Gasteiger partial charge is 0.383 e. The third-order valence-corrected chi connectivity index (χ3v) is 4.08. The Labute approximate surface area is 121 Å². The quantitative estimate of drug-likeness (QED) is 0.898. The molecule has 0 aliphatic carbocycles. The number of amides is 1. The molecule has 0 saturated carbocycles. The fourth-order valence-electron chi connectivity index (χ4n) is 2.74. The minimum absolute atomic E-state index is 0.0949. The first-order valence-electron chi connectivity index (χ1n) is 7.29. The summed E-state index contributed by atoms with van der Waals surface area (Å²) in [6, 6.07) is 7.93. The summed E-state index contributed by atoms with van der Waals surface area (Å²) in [7, 11) is 1.70. The molecule has 1 amide bonds. The summed E-state index contributed by atoms with van der Waals surface area (Å²) in [5.41, 5.74) is 2.11. The lowest BCUT2D eigenvalue weighted by molar-refractivity contribution is -0.123. The Morgan fingerprint density at radius 2 is 2.20 bits per heavy atom. The number of hydrogen-bond donors (Lipinski definition) is 1. The van der Waals surface area contributed by atoms with Gasteiger partial charge in [-0.05, 0) is 17.5 Å². The number of rotatable bonds is 5. The summed E-state index contributed by atoms with van der Waals surface area (Å²) in [5.74, 6) is 0.418. The zero-order valence-corrected chi connectivity index (χ0v) is 12.6. The summed E-state index contributed by atoms with van der Waals surface area (Å²) >= 11 is 0. The standard InChI is InChI=1S/C16H24N2O2/c1-4-12(2)15-16(19)17-14-8-6-5-7-13(14)11-18(15)9-10-20-3/h5-8,12,15H,4,9-11H2,1-3H3,(H,17,19)/t12-,15-/m0/s1. The summed E-state index contributed by atoms with van der Waals surface area (Å²) in [4.78, 5) is 14.8. The lowest BCUT2D eigenvalue weighted by Gasteiger charge is -2.32. The van der Waals surface area contributed by atoms with E-state index in [2.05, 4.69) is 30.1 Å². The second-order valence-corrected chi connectivity index (χ2v) is 5.44. The fraction of sp³-hybridized carbons (Fsp3) is 0.562. The van der Waals surface area contributed by atoms with Gasteiger partial charge in [0.25, 0.3) is 0 Å². The molecule has 0 saturated heterocycles. The summed E-state index contributed by atoms with van der Waals surface area (Å²) in [6.07, 6.45) is 0.984. The third kappa shape index (κ3) is 3.19. The van der Waals surface area contributed by atoms with E-state index in [-0.39, 0.29) is 11.9 Å². The molecule has 2 rings (SSSR count). The molecular weight excluding hydrogens is 252 g/mol. The molecule has 0 fully saturated rings. The van der Waals surface area contributed by atoms with Crippen molar-refractivity contribution in [2.75, 3.05) is 25.6 Å². The van der Waals surface area contributed by atoms with Crippen molar-refractivity contribution in [1.82, 2.24) is 4.90 Å². The second kappa shape index (κ2) is 6.86. The highest BCUT2D eigenvalue weighted by Gasteiger charge is 2.33. The number of nitrogens with zero attached hydrogens (tertiary/aromatic N) is 1. The lowest BCUT2D eigenvalue weighted by atomic mass is 9.97. The van der Waals surface area contributed by atoms with E-state index in [9.17, 15) is 4.79 Å². The number of anilines is 1. The molecule has 1 aromatic carbocycles. The van der Waals surface area contributed by atoms with Crippen molar-refractivity contribution in [3.63, 3.8) is 0 Å². The Morgan fingerprint density at radius 3 is 2.90 bits per heavy atom. The van der Waals surface area contributed by atoms with Gasteiger partial charge in [0, 0.05) is 25.9 Å². The van der Waals surface area contributed by atoms with Gasteiger partial charge in [-0.15, -0.1) is 0 Å². The zero-order chi connectivity index (χ0) is 14.5. The highest BCUT2D eigenvalue weighted by Crippen LogP contribution is 2.26. The SMILES string of the molecule is CC[C@H](C)[C@H]1C(=O)Nc2ccccc2CN1CCOC. The molecule has 1 aliphatic rings. The van der Waals surface area contributed by atoms with Crippen LogP contribution in [-0.4, -0.2) is 37.1 Å². The number of carbonyl (C=O) groups excluding carboxylic acids is 1. The van der Waals surface area contributed by atoms with Crippen LogP contribution in [-0.2, 0) is 16.1 Å². The molecule has 1 N–H and O–H groups in total. The van der Waals surface area contributed by atoms with Gasteiger partial charge in [-0.2, -0.15) is 0 Å². The predicted molar refractivity (Wildman–Crippen MR) is 80.6 cm³/mol. The molecule has 0 radical (unpaired) electrons. The van der Waals surface area contributed by atoms with Gasteiger partial charge in [-0.3, -0.25) is 9.69 Å². The molecule has 110 valence electrons. The first kappa shape index (κ1) is 15.0. The van der Waals surface area contributed by atoms with Gasteiger partial charge in [0.2, 0.25) is 5.91 Å². The van der Waals surface area contributed by atoms with Crippen molar-refractivity contribution in [3.05, 3.63) is 29.8 Å². The summed E-state index contributed by atoms with van der Waals surface area (Å²) < 4.78 is 5.20. The van der Waals surface area contributed by atoms with Crippen LogP contribution in [0, 0.1) is 5.92 Å². The minimum atomic E-state index is -0.0949. The maximum Gasteiger partial charge on any atom is 0.242 e. The van der Waals surface area contributed by atoms with Gasteiger partial charge in [0.05, 0.1) is 12.6 Å². The number of methoxy groups -OCH3 is 1. The Bertz CT molecular complexity index is 462. The number of nitrogens with one attached hydrogen (secondary N) is 1. The number of fused-ring (bicyclic) bond motifs is 1. The van der Waals surface area contributed by atoms with Gasteiger partial charge >= 0.3 is 0 Å². The van der Waals surface area contributed by atoms with Crippen molar-refractivity contribution >= 4 is 11.6 Å². The van der Waals surface area contributed by atoms with Crippen LogP contribution >= 0.6 is 0 Å². The average molecular weight is 276 g/mol. The van der Waals surface area contributed by atoms with Crippen molar-refractivity contribution < 1.29 is 9.53 Å². The van der Waals surface area contributed by atoms with E-state index < -0.39 is 0 Å². The number of para-hydroxylation sites is 1. The molecule has 0 unspecified atom stereocenters. The van der Waals surface area contributed by atoms with Crippen LogP contribution in [0.25, 0.3) is 0 Å². The van der Waals surface area contributed by atoms with Crippen molar-refractivity contribution in [2.45, 2.75) is 32.9 Å². The van der Waals surface area contributed by atoms with Crippen LogP contribution in [0.4, 0.5) is 5.69 Å². The Hall–Kier alpha value is -1.39. The summed E-state index contributed by atoms with van der Waals surface area (Å²) in [5, 5.41) is 3.07. The number of ether oxygens (including phenoxy) is 1. The van der Waals surface area contributed by atoms with E-state index in [0.29, 0.717) is 12.5 Å². The van der Waals surface area contributed by atoms with E-state index in [4.69, 9.17) is 4.74 Å². The Balaban J connectivity index is 2.29. The molecule has 20 heavy (non-hydrogen) atoms. The highest BCUT2D eigenvalue weighted by atomic mass is 16.5. The topological polar surface area (TPSA) is 41.6 Å². The average Bonchev–Trinajstić information content (AvgIpc) is 2.59. The molecule has 0 bridgehead atoms. The van der Waals surface area contributed by atoms with Crippen LogP contribution in [0.1, 0.15) is 25.8 Å². The van der Waals surface area contributed by atoms with Gasteiger partial charge in [-0.25, -0.2) is 0 Å². The summed E-state index contributed by atoms with van der Waals surface area (Å²) in [6.45, 7) is 6.47. The van der Waals surface area contributed by atoms with Gasteiger partial charge in [0.1, 0.15) is 0 Å². The lowest BCUT2D eigenvalue weighted by Crippen LogP contribution is -2.47. The maximum atomic E-state index is 12.6. The second-order valence-electron chi connectivity index (χ2n) is 5.44. The van der Waals surface area contributed by atoms with Crippen molar-refractivity contribution in [1.29, 1.82) is 0 Å². The molecule has 1 heterocycles. The molecular formula is C16H24N2O2. The molecule has 2 atom stereocenters. The van der Waals surface area contributed by atoms with Gasteiger partial charge in [-0.1, -0.05) is 38.5 Å². The smallest absolute Gasteiger partial charge is 0.242 e. The van der Waals surface area contributed by atoms with Crippen LogP contribution < -0.4 is 5.32 Å². The van der Waals surface area contributed by atoms with E-state index in [1.807, 2.05) is 18.2 Å². The normalized spacial score (nSPS) is 20.9. The third-order valence-electron chi connectivity index (χ3n) is 4.08. The fourth-order valence-corrected chi connectivity index (χ4v) is 2.74. The monoisotopic (exact) mass is 276 g/mol. The van der Waals surface area contributed by atoms with Crippen molar-refractivity contribution in [2.24, 2.45) is 5.92 Å². The van der Waals surface area contributed by atoms with Crippen LogP contribution in [0.3, 0.4) is 0 Å². The van der Waals surface area contributed by atoms with Gasteiger partial charge in [0.15, 0.2) is 0 Å². The Morgan fingerprint density at radius 1 is 1.45 bits per heavy atom. The Kier molecular flexibility index (Phi) is 5.15. The molecule has 1 aliphatic heterocycles. The molecule has 0 aromatic heterocycles. The zero-order valence-electron chi connectivity index (χ0n) is 12.6. The number of carbonyl (C=O) groups is 1. The first-order chi connectivity index (χ1) is 9.67. The highest BCUT2D eigenvalue weighted by molar-refractivity contribution is 5.96. The molecule has 1 aromatic rings.